The maximum atomic E-state index is 10.7. The van der Waals surface area contributed by atoms with Crippen molar-refractivity contribution in [3.8, 4) is 0 Å². The minimum Gasteiger partial charge on any atom is -0.478 e. The van der Waals surface area contributed by atoms with Gasteiger partial charge in [0.15, 0.2) is 0 Å². The van der Waals surface area contributed by atoms with Gasteiger partial charge in [-0.1, -0.05) is 12.1 Å². The molecule has 2 rings (SSSR count). The van der Waals surface area contributed by atoms with Crippen molar-refractivity contribution in [2.45, 2.75) is 26.4 Å². The van der Waals surface area contributed by atoms with E-state index >= 15 is 0 Å². The number of hydrogen-bond acceptors (Lipinski definition) is 3. The van der Waals surface area contributed by atoms with Gasteiger partial charge in [0, 0.05) is 6.54 Å². The Kier molecular flexibility index (Phi) is 4.02. The van der Waals surface area contributed by atoms with Gasteiger partial charge in [0.05, 0.1) is 11.6 Å². The molecule has 1 aromatic carbocycles. The zero-order chi connectivity index (χ0) is 13.8. The monoisotopic (exact) mass is 259 g/mol. The predicted molar refractivity (Wildman–Crippen MR) is 72.1 cm³/mol. The molecule has 0 aliphatic carbocycles. The van der Waals surface area contributed by atoms with Gasteiger partial charge in [-0.3, -0.25) is 0 Å². The molecule has 100 valence electrons. The van der Waals surface area contributed by atoms with Crippen LogP contribution >= 0.6 is 0 Å². The van der Waals surface area contributed by atoms with Crippen LogP contribution in [0, 0.1) is 6.92 Å². The second kappa shape index (κ2) is 5.71. The standard InChI is InChI=1S/C15H17NO3/c1-10-3-8-14(19-10)11(2)16-9-12-4-6-13(7-5-12)15(17)18/h3-8,11,16H,9H2,1-2H3,(H,17,18). The number of hydrogen-bond donors (Lipinski definition) is 2. The van der Waals surface area contributed by atoms with E-state index in [1.54, 1.807) is 12.1 Å². The normalized spacial score (nSPS) is 12.3. The lowest BCUT2D eigenvalue weighted by Crippen LogP contribution is -2.17. The Morgan fingerprint density at radius 1 is 1.26 bits per heavy atom. The summed E-state index contributed by atoms with van der Waals surface area (Å²) in [7, 11) is 0. The van der Waals surface area contributed by atoms with Crippen LogP contribution in [-0.2, 0) is 6.54 Å². The smallest absolute Gasteiger partial charge is 0.335 e. The Morgan fingerprint density at radius 2 is 1.95 bits per heavy atom. The lowest BCUT2D eigenvalue weighted by Gasteiger charge is -2.11. The Bertz CT molecular complexity index is 557. The summed E-state index contributed by atoms with van der Waals surface area (Å²) in [5.41, 5.74) is 1.35. The quantitative estimate of drug-likeness (QED) is 0.866. The molecular weight excluding hydrogens is 242 g/mol. The Hall–Kier alpha value is -2.07. The van der Waals surface area contributed by atoms with Gasteiger partial charge in [0.2, 0.25) is 0 Å². The lowest BCUT2D eigenvalue weighted by atomic mass is 10.1. The van der Waals surface area contributed by atoms with Crippen molar-refractivity contribution in [1.82, 2.24) is 5.32 Å². The number of carbonyl (C=O) groups is 1. The Balaban J connectivity index is 1.93. The molecule has 0 spiro atoms. The van der Waals surface area contributed by atoms with Crippen LogP contribution in [0.15, 0.2) is 40.8 Å². The van der Waals surface area contributed by atoms with Gasteiger partial charge in [-0.05, 0) is 43.7 Å². The summed E-state index contributed by atoms with van der Waals surface area (Å²) >= 11 is 0. The molecule has 0 bridgehead atoms. The van der Waals surface area contributed by atoms with Gasteiger partial charge in [0.1, 0.15) is 11.5 Å². The molecule has 0 radical (unpaired) electrons. The molecule has 1 unspecified atom stereocenters. The second-order valence-electron chi connectivity index (χ2n) is 4.55. The van der Waals surface area contributed by atoms with Gasteiger partial charge in [-0.2, -0.15) is 0 Å². The van der Waals surface area contributed by atoms with Gasteiger partial charge < -0.3 is 14.8 Å². The van der Waals surface area contributed by atoms with Crippen molar-refractivity contribution in [3.05, 3.63) is 59.0 Å². The molecule has 0 saturated carbocycles. The molecule has 1 atom stereocenters. The van der Waals surface area contributed by atoms with Gasteiger partial charge in [-0.25, -0.2) is 4.79 Å². The van der Waals surface area contributed by atoms with E-state index in [0.29, 0.717) is 12.1 Å². The molecule has 4 nitrogen and oxygen atoms in total. The fraction of sp³-hybridized carbons (Fsp3) is 0.267. The third-order valence-electron chi connectivity index (χ3n) is 3.00. The molecule has 19 heavy (non-hydrogen) atoms. The van der Waals surface area contributed by atoms with Crippen molar-refractivity contribution < 1.29 is 14.3 Å². The molecule has 4 heteroatoms. The summed E-state index contributed by atoms with van der Waals surface area (Å²) in [6.45, 7) is 4.62. The van der Waals surface area contributed by atoms with Crippen LogP contribution in [0.25, 0.3) is 0 Å². The zero-order valence-electron chi connectivity index (χ0n) is 11.0. The zero-order valence-corrected chi connectivity index (χ0v) is 11.0. The first-order valence-corrected chi connectivity index (χ1v) is 6.18. The first-order valence-electron chi connectivity index (χ1n) is 6.18. The van der Waals surface area contributed by atoms with E-state index in [4.69, 9.17) is 9.52 Å². The van der Waals surface area contributed by atoms with Crippen LogP contribution in [0.5, 0.6) is 0 Å². The maximum Gasteiger partial charge on any atom is 0.335 e. The van der Waals surface area contributed by atoms with E-state index < -0.39 is 5.97 Å². The highest BCUT2D eigenvalue weighted by atomic mass is 16.4. The molecule has 0 saturated heterocycles. The number of furan rings is 1. The highest BCUT2D eigenvalue weighted by molar-refractivity contribution is 5.87. The number of nitrogens with one attached hydrogen (secondary N) is 1. The topological polar surface area (TPSA) is 62.5 Å². The molecule has 0 fully saturated rings. The van der Waals surface area contributed by atoms with Crippen LogP contribution in [0.3, 0.4) is 0 Å². The molecule has 2 aromatic rings. The van der Waals surface area contributed by atoms with E-state index in [-0.39, 0.29) is 6.04 Å². The maximum absolute atomic E-state index is 10.7. The minimum atomic E-state index is -0.904. The van der Waals surface area contributed by atoms with Crippen molar-refractivity contribution in [2.24, 2.45) is 0 Å². The highest BCUT2D eigenvalue weighted by Crippen LogP contribution is 2.16. The van der Waals surface area contributed by atoms with Gasteiger partial charge >= 0.3 is 5.97 Å². The van der Waals surface area contributed by atoms with E-state index in [2.05, 4.69) is 5.32 Å². The summed E-state index contributed by atoms with van der Waals surface area (Å²) in [4.78, 5) is 10.7. The SMILES string of the molecule is Cc1ccc(C(C)NCc2ccc(C(=O)O)cc2)o1. The number of aromatic carboxylic acids is 1. The number of benzene rings is 1. The van der Waals surface area contributed by atoms with Crippen molar-refractivity contribution >= 4 is 5.97 Å². The summed E-state index contributed by atoms with van der Waals surface area (Å²) < 4.78 is 5.54. The van der Waals surface area contributed by atoms with Gasteiger partial charge in [-0.15, -0.1) is 0 Å². The van der Waals surface area contributed by atoms with Crippen molar-refractivity contribution in [2.75, 3.05) is 0 Å². The first-order chi connectivity index (χ1) is 9.06. The molecular formula is C15H17NO3. The molecule has 0 amide bonds. The Labute approximate surface area is 112 Å². The van der Waals surface area contributed by atoms with Crippen LogP contribution in [0.1, 0.15) is 40.4 Å². The first kappa shape index (κ1) is 13.4. The van der Waals surface area contributed by atoms with Crippen LogP contribution in [-0.4, -0.2) is 11.1 Å². The third kappa shape index (κ3) is 3.45. The number of aryl methyl sites for hydroxylation is 1. The number of rotatable bonds is 5. The van der Waals surface area contributed by atoms with Crippen LogP contribution < -0.4 is 5.32 Å². The fourth-order valence-electron chi connectivity index (χ4n) is 1.82. The molecule has 0 aliphatic rings. The third-order valence-corrected chi connectivity index (χ3v) is 3.00. The minimum absolute atomic E-state index is 0.118. The van der Waals surface area contributed by atoms with Crippen molar-refractivity contribution in [3.63, 3.8) is 0 Å². The van der Waals surface area contributed by atoms with Gasteiger partial charge in [0.25, 0.3) is 0 Å². The van der Waals surface area contributed by atoms with Crippen LogP contribution in [0.2, 0.25) is 0 Å². The fourth-order valence-corrected chi connectivity index (χ4v) is 1.82. The number of carboxylic acids is 1. The highest BCUT2D eigenvalue weighted by Gasteiger charge is 2.09. The van der Waals surface area contributed by atoms with E-state index in [9.17, 15) is 4.79 Å². The van der Waals surface area contributed by atoms with E-state index in [0.717, 1.165) is 17.1 Å². The summed E-state index contributed by atoms with van der Waals surface area (Å²) in [5.74, 6) is 0.896. The van der Waals surface area contributed by atoms with E-state index in [1.807, 2.05) is 38.1 Å². The summed E-state index contributed by atoms with van der Waals surface area (Å²) in [6, 6.07) is 10.9. The molecule has 1 aromatic heterocycles. The lowest BCUT2D eigenvalue weighted by molar-refractivity contribution is 0.0697. The summed E-state index contributed by atoms with van der Waals surface area (Å²) in [6.07, 6.45) is 0. The second-order valence-corrected chi connectivity index (χ2v) is 4.55. The largest absolute Gasteiger partial charge is 0.478 e. The number of carboxylic acid groups (broad SMARTS) is 1. The molecule has 0 aliphatic heterocycles. The van der Waals surface area contributed by atoms with E-state index in [1.165, 1.54) is 0 Å². The molecule has 1 heterocycles. The van der Waals surface area contributed by atoms with Crippen LogP contribution in [0.4, 0.5) is 0 Å². The molecule has 2 N–H and O–H groups in total. The Morgan fingerprint density at radius 3 is 2.47 bits per heavy atom. The average Bonchev–Trinajstić information content (AvgIpc) is 2.83. The summed E-state index contributed by atoms with van der Waals surface area (Å²) in [5, 5.41) is 12.2. The predicted octanol–water partition coefficient (Wildman–Crippen LogP) is 3.14. The van der Waals surface area contributed by atoms with Crippen molar-refractivity contribution in [1.29, 1.82) is 0 Å². The average molecular weight is 259 g/mol.